The van der Waals surface area contributed by atoms with Gasteiger partial charge in [-0.1, -0.05) is 82.7 Å². The van der Waals surface area contributed by atoms with Crippen LogP contribution in [0.1, 0.15) is 87.6 Å². The molecule has 3 nitrogen and oxygen atoms in total. The highest BCUT2D eigenvalue weighted by Crippen LogP contribution is 2.28. The zero-order valence-electron chi connectivity index (χ0n) is 17.3. The molecule has 0 radical (unpaired) electrons. The number of ketones is 1. The third-order valence-corrected chi connectivity index (χ3v) is 5.04. The second kappa shape index (κ2) is 12.2. The van der Waals surface area contributed by atoms with Gasteiger partial charge in [0, 0.05) is 11.6 Å². The van der Waals surface area contributed by atoms with Crippen molar-refractivity contribution in [3.8, 4) is 11.5 Å². The van der Waals surface area contributed by atoms with Gasteiger partial charge in [0.05, 0.1) is 11.7 Å². The fraction of sp³-hybridized carbons (Fsp3) is 0.480. The lowest BCUT2D eigenvalue weighted by Crippen LogP contribution is -2.16. The topological polar surface area (TPSA) is 46.5 Å². The number of unbranched alkanes of at least 4 members (excludes halogenated alkanes) is 5. The highest BCUT2D eigenvalue weighted by Gasteiger charge is 2.16. The summed E-state index contributed by atoms with van der Waals surface area (Å²) in [5, 5.41) is 10.4. The van der Waals surface area contributed by atoms with Gasteiger partial charge in [0.2, 0.25) is 0 Å². The van der Waals surface area contributed by atoms with Crippen molar-refractivity contribution in [2.24, 2.45) is 0 Å². The first kappa shape index (κ1) is 22.0. The lowest BCUT2D eigenvalue weighted by Gasteiger charge is -2.19. The third-order valence-electron chi connectivity index (χ3n) is 5.04. The molecule has 0 heterocycles. The van der Waals surface area contributed by atoms with E-state index < -0.39 is 0 Å². The van der Waals surface area contributed by atoms with E-state index in [9.17, 15) is 9.90 Å². The van der Waals surface area contributed by atoms with Crippen LogP contribution in [-0.4, -0.2) is 17.0 Å². The molecule has 0 amide bonds. The van der Waals surface area contributed by atoms with Crippen molar-refractivity contribution in [2.45, 2.75) is 77.7 Å². The van der Waals surface area contributed by atoms with E-state index >= 15 is 0 Å². The number of phenolic OH excluding ortho intramolecular Hbond substituents is 1. The minimum absolute atomic E-state index is 0.0267. The molecular weight excluding hydrogens is 348 g/mol. The molecule has 0 bridgehead atoms. The van der Waals surface area contributed by atoms with E-state index in [0.717, 1.165) is 19.3 Å². The Bertz CT molecular complexity index is 709. The van der Waals surface area contributed by atoms with Crippen LogP contribution < -0.4 is 4.74 Å². The first-order chi connectivity index (χ1) is 13.7. The maximum Gasteiger partial charge on any atom is 0.196 e. The van der Waals surface area contributed by atoms with Crippen molar-refractivity contribution in [1.29, 1.82) is 0 Å². The molecule has 0 aromatic heterocycles. The zero-order valence-corrected chi connectivity index (χ0v) is 17.3. The fourth-order valence-electron chi connectivity index (χ4n) is 3.45. The molecule has 152 valence electrons. The Labute approximate surface area is 169 Å². The van der Waals surface area contributed by atoms with E-state index in [-0.39, 0.29) is 17.6 Å². The molecule has 0 spiro atoms. The highest BCUT2D eigenvalue weighted by molar-refractivity contribution is 6.10. The summed E-state index contributed by atoms with van der Waals surface area (Å²) in [6.07, 6.45) is 10.9. The predicted molar refractivity (Wildman–Crippen MR) is 115 cm³/mol. The number of carbonyl (C=O) groups is 1. The van der Waals surface area contributed by atoms with Crippen LogP contribution in [-0.2, 0) is 0 Å². The fourth-order valence-corrected chi connectivity index (χ4v) is 3.45. The van der Waals surface area contributed by atoms with E-state index in [0.29, 0.717) is 16.9 Å². The van der Waals surface area contributed by atoms with Gasteiger partial charge in [-0.05, 0) is 31.4 Å². The Morgan fingerprint density at radius 1 is 0.893 bits per heavy atom. The van der Waals surface area contributed by atoms with Gasteiger partial charge in [-0.2, -0.15) is 0 Å². The number of rotatable bonds is 13. The quantitative estimate of drug-likeness (QED) is 0.302. The van der Waals surface area contributed by atoms with Gasteiger partial charge in [0.25, 0.3) is 0 Å². The molecule has 0 saturated heterocycles. The Balaban J connectivity index is 1.94. The summed E-state index contributed by atoms with van der Waals surface area (Å²) in [6, 6.07) is 14.0. The third kappa shape index (κ3) is 7.03. The highest BCUT2D eigenvalue weighted by atomic mass is 16.5. The zero-order chi connectivity index (χ0) is 20.2. The van der Waals surface area contributed by atoms with Gasteiger partial charge in [0.15, 0.2) is 5.78 Å². The Morgan fingerprint density at radius 2 is 1.61 bits per heavy atom. The molecule has 1 atom stereocenters. The lowest BCUT2D eigenvalue weighted by atomic mass is 10.0. The summed E-state index contributed by atoms with van der Waals surface area (Å²) < 4.78 is 6.13. The molecule has 0 aliphatic rings. The molecule has 2 rings (SSSR count). The second-order valence-electron chi connectivity index (χ2n) is 7.46. The van der Waals surface area contributed by atoms with E-state index in [1.165, 1.54) is 38.5 Å². The molecular formula is C25H34O3. The number of carbonyl (C=O) groups excluding carboxylic acids is 1. The second-order valence-corrected chi connectivity index (χ2v) is 7.46. The normalized spacial score (nSPS) is 11.9. The van der Waals surface area contributed by atoms with Gasteiger partial charge < -0.3 is 9.84 Å². The van der Waals surface area contributed by atoms with E-state index in [1.807, 2.05) is 18.2 Å². The van der Waals surface area contributed by atoms with Gasteiger partial charge >= 0.3 is 0 Å². The molecule has 0 aliphatic carbocycles. The number of hydrogen-bond acceptors (Lipinski definition) is 3. The number of phenols is 1. The van der Waals surface area contributed by atoms with Crippen molar-refractivity contribution in [2.75, 3.05) is 0 Å². The van der Waals surface area contributed by atoms with Gasteiger partial charge in [-0.15, -0.1) is 0 Å². The van der Waals surface area contributed by atoms with Crippen molar-refractivity contribution in [3.63, 3.8) is 0 Å². The van der Waals surface area contributed by atoms with Crippen LogP contribution in [0.3, 0.4) is 0 Å². The minimum atomic E-state index is -0.179. The maximum absolute atomic E-state index is 12.6. The smallest absolute Gasteiger partial charge is 0.196 e. The molecule has 1 unspecified atom stereocenters. The molecule has 2 aromatic carbocycles. The summed E-state index contributed by atoms with van der Waals surface area (Å²) in [5.74, 6) is 0.426. The maximum atomic E-state index is 12.6. The van der Waals surface area contributed by atoms with Gasteiger partial charge in [-0.25, -0.2) is 0 Å². The standard InChI is InChI=1S/C25H34O3/c1-3-5-6-7-8-12-16-21(13-4-2)28-22-17-18-23(24(26)19-22)25(27)20-14-10-9-11-15-20/h9-11,14-15,17-19,21,26H,3-8,12-13,16H2,1-2H3. The minimum Gasteiger partial charge on any atom is -0.507 e. The lowest BCUT2D eigenvalue weighted by molar-refractivity contribution is 0.103. The van der Waals surface area contributed by atoms with Crippen molar-refractivity contribution < 1.29 is 14.6 Å². The molecule has 0 saturated carbocycles. The molecule has 1 N–H and O–H groups in total. The van der Waals surface area contributed by atoms with Crippen molar-refractivity contribution in [1.82, 2.24) is 0 Å². The summed E-state index contributed by atoms with van der Waals surface area (Å²) in [4.78, 5) is 12.6. The average Bonchev–Trinajstić information content (AvgIpc) is 2.71. The first-order valence-corrected chi connectivity index (χ1v) is 10.7. The average molecular weight is 383 g/mol. The summed E-state index contributed by atoms with van der Waals surface area (Å²) >= 11 is 0. The number of ether oxygens (including phenoxy) is 1. The predicted octanol–water partition coefficient (Wildman–Crippen LogP) is 6.92. The summed E-state index contributed by atoms with van der Waals surface area (Å²) in [6.45, 7) is 4.40. The molecule has 0 aliphatic heterocycles. The van der Waals surface area contributed by atoms with Gasteiger partial charge in [0.1, 0.15) is 11.5 Å². The Morgan fingerprint density at radius 3 is 2.29 bits per heavy atom. The monoisotopic (exact) mass is 382 g/mol. The Kier molecular flexibility index (Phi) is 9.61. The summed E-state index contributed by atoms with van der Waals surface area (Å²) in [7, 11) is 0. The summed E-state index contributed by atoms with van der Waals surface area (Å²) in [5.41, 5.74) is 0.875. The van der Waals surface area contributed by atoms with Crippen molar-refractivity contribution >= 4 is 5.78 Å². The first-order valence-electron chi connectivity index (χ1n) is 10.7. The van der Waals surface area contributed by atoms with E-state index in [2.05, 4.69) is 13.8 Å². The SMILES string of the molecule is CCCCCCCCC(CCC)Oc1ccc(C(=O)c2ccccc2)c(O)c1. The van der Waals surface area contributed by atoms with Crippen LogP contribution in [0.2, 0.25) is 0 Å². The number of hydrogen-bond donors (Lipinski definition) is 1. The molecule has 28 heavy (non-hydrogen) atoms. The van der Waals surface area contributed by atoms with Gasteiger partial charge in [-0.3, -0.25) is 4.79 Å². The molecule has 3 heteroatoms. The van der Waals surface area contributed by atoms with E-state index in [1.54, 1.807) is 30.3 Å². The largest absolute Gasteiger partial charge is 0.507 e. The molecule has 0 fully saturated rings. The van der Waals surface area contributed by atoms with Crippen LogP contribution >= 0.6 is 0 Å². The number of benzene rings is 2. The Hall–Kier alpha value is -2.29. The number of aromatic hydroxyl groups is 1. The van der Waals surface area contributed by atoms with Crippen molar-refractivity contribution in [3.05, 3.63) is 59.7 Å². The van der Waals surface area contributed by atoms with Crippen LogP contribution in [0.15, 0.2) is 48.5 Å². The molecule has 2 aromatic rings. The van der Waals surface area contributed by atoms with Crippen LogP contribution in [0.25, 0.3) is 0 Å². The van der Waals surface area contributed by atoms with Crippen LogP contribution in [0.5, 0.6) is 11.5 Å². The van der Waals surface area contributed by atoms with Crippen LogP contribution in [0.4, 0.5) is 0 Å². The van der Waals surface area contributed by atoms with Crippen LogP contribution in [0, 0.1) is 0 Å². The van der Waals surface area contributed by atoms with E-state index in [4.69, 9.17) is 4.74 Å².